The van der Waals surface area contributed by atoms with Crippen LogP contribution in [0.25, 0.3) is 0 Å². The van der Waals surface area contributed by atoms with E-state index >= 15 is 0 Å². The van der Waals surface area contributed by atoms with Gasteiger partial charge in [-0.1, -0.05) is 6.92 Å². The van der Waals surface area contributed by atoms with Gasteiger partial charge in [0.2, 0.25) is 0 Å². The van der Waals surface area contributed by atoms with Gasteiger partial charge in [0.15, 0.2) is 5.96 Å². The fraction of sp³-hybridized carbons (Fsp3) is 0.789. The average molecular weight is 347 g/mol. The number of aryl methyl sites for hydroxylation is 1. The first-order valence-electron chi connectivity index (χ1n) is 9.85. The van der Waals surface area contributed by atoms with Crippen molar-refractivity contribution >= 4 is 5.96 Å². The van der Waals surface area contributed by atoms with E-state index in [4.69, 9.17) is 5.10 Å². The lowest BCUT2D eigenvalue weighted by Gasteiger charge is -2.25. The molecule has 0 spiro atoms. The van der Waals surface area contributed by atoms with Crippen molar-refractivity contribution < 1.29 is 0 Å². The van der Waals surface area contributed by atoms with Gasteiger partial charge >= 0.3 is 0 Å². The van der Waals surface area contributed by atoms with Gasteiger partial charge in [0.1, 0.15) is 0 Å². The van der Waals surface area contributed by atoms with Crippen LogP contribution in [0.15, 0.2) is 11.2 Å². The smallest absolute Gasteiger partial charge is 0.191 e. The number of nitrogens with one attached hydrogen (secondary N) is 2. The van der Waals surface area contributed by atoms with E-state index in [0.717, 1.165) is 44.2 Å². The zero-order valence-electron chi connectivity index (χ0n) is 16.3. The van der Waals surface area contributed by atoms with Crippen molar-refractivity contribution in [1.29, 1.82) is 0 Å². The van der Waals surface area contributed by atoms with Gasteiger partial charge in [-0.15, -0.1) is 0 Å². The maximum absolute atomic E-state index is 4.77. The standard InChI is InChI=1S/C19H34N6/c1-5-24-9-8-15(12-24)11-21-19(20-4)22-17-7-6-16-13-25(14(2)3)23-18(16)10-17/h13-15,17H,5-12H2,1-4H3,(H2,20,21,22). The molecule has 0 aromatic carbocycles. The number of nitrogens with zero attached hydrogens (tertiary/aromatic N) is 4. The molecule has 2 aliphatic rings. The van der Waals surface area contributed by atoms with E-state index in [9.17, 15) is 0 Å². The summed E-state index contributed by atoms with van der Waals surface area (Å²) in [6.07, 6.45) is 6.75. The van der Waals surface area contributed by atoms with Crippen molar-refractivity contribution in [1.82, 2.24) is 25.3 Å². The van der Waals surface area contributed by atoms with Gasteiger partial charge in [-0.2, -0.15) is 5.10 Å². The summed E-state index contributed by atoms with van der Waals surface area (Å²) in [4.78, 5) is 6.95. The first-order chi connectivity index (χ1) is 12.1. The van der Waals surface area contributed by atoms with Crippen molar-refractivity contribution in [3.05, 3.63) is 17.5 Å². The predicted molar refractivity (Wildman–Crippen MR) is 103 cm³/mol. The highest BCUT2D eigenvalue weighted by Crippen LogP contribution is 2.21. The summed E-state index contributed by atoms with van der Waals surface area (Å²) in [5, 5.41) is 11.9. The molecule has 2 N–H and O–H groups in total. The Balaban J connectivity index is 1.49. The summed E-state index contributed by atoms with van der Waals surface area (Å²) in [7, 11) is 1.87. The maximum Gasteiger partial charge on any atom is 0.191 e. The minimum absolute atomic E-state index is 0.421. The van der Waals surface area contributed by atoms with E-state index in [1.165, 1.54) is 30.8 Å². The summed E-state index contributed by atoms with van der Waals surface area (Å²) < 4.78 is 2.10. The minimum Gasteiger partial charge on any atom is -0.356 e. The second-order valence-corrected chi connectivity index (χ2v) is 7.76. The van der Waals surface area contributed by atoms with E-state index in [0.29, 0.717) is 12.1 Å². The maximum atomic E-state index is 4.77. The van der Waals surface area contributed by atoms with E-state index in [2.05, 4.69) is 52.2 Å². The Hall–Kier alpha value is -1.56. The Morgan fingerprint density at radius 2 is 2.24 bits per heavy atom. The molecule has 1 aliphatic carbocycles. The fourth-order valence-electron chi connectivity index (χ4n) is 3.90. The lowest BCUT2D eigenvalue weighted by molar-refractivity contribution is 0.341. The summed E-state index contributed by atoms with van der Waals surface area (Å²) in [6.45, 7) is 11.2. The highest BCUT2D eigenvalue weighted by atomic mass is 15.3. The number of hydrogen-bond donors (Lipinski definition) is 2. The molecule has 1 aromatic rings. The lowest BCUT2D eigenvalue weighted by atomic mass is 9.94. The predicted octanol–water partition coefficient (Wildman–Crippen LogP) is 1.83. The van der Waals surface area contributed by atoms with Gasteiger partial charge in [-0.05, 0) is 57.7 Å². The van der Waals surface area contributed by atoms with Crippen molar-refractivity contribution in [3.63, 3.8) is 0 Å². The first kappa shape index (κ1) is 18.2. The van der Waals surface area contributed by atoms with Crippen molar-refractivity contribution in [3.8, 4) is 0 Å². The molecule has 140 valence electrons. The molecule has 1 aromatic heterocycles. The number of likely N-dealkylation sites (tertiary alicyclic amines) is 1. The largest absolute Gasteiger partial charge is 0.356 e. The van der Waals surface area contributed by atoms with Crippen LogP contribution >= 0.6 is 0 Å². The molecule has 2 unspecified atom stereocenters. The van der Waals surface area contributed by atoms with E-state index < -0.39 is 0 Å². The quantitative estimate of drug-likeness (QED) is 0.631. The Morgan fingerprint density at radius 1 is 1.40 bits per heavy atom. The van der Waals surface area contributed by atoms with E-state index in [1.807, 2.05) is 7.05 Å². The third-order valence-corrected chi connectivity index (χ3v) is 5.57. The normalized spacial score (nSPS) is 24.6. The van der Waals surface area contributed by atoms with Crippen LogP contribution in [0.1, 0.15) is 50.9 Å². The van der Waals surface area contributed by atoms with Crippen molar-refractivity contribution in [2.45, 2.75) is 58.5 Å². The number of aliphatic imine (C=N–C) groups is 1. The van der Waals surface area contributed by atoms with Crippen LogP contribution in [0, 0.1) is 5.92 Å². The van der Waals surface area contributed by atoms with E-state index in [-0.39, 0.29) is 0 Å². The molecule has 1 aliphatic heterocycles. The second-order valence-electron chi connectivity index (χ2n) is 7.76. The number of rotatable bonds is 5. The van der Waals surface area contributed by atoms with Crippen molar-refractivity contribution in [2.24, 2.45) is 10.9 Å². The lowest BCUT2D eigenvalue weighted by Crippen LogP contribution is -2.47. The molecule has 1 saturated heterocycles. The topological polar surface area (TPSA) is 57.5 Å². The molecule has 6 heteroatoms. The second kappa shape index (κ2) is 8.21. The van der Waals surface area contributed by atoms with Gasteiger partial charge in [-0.25, -0.2) is 0 Å². The summed E-state index contributed by atoms with van der Waals surface area (Å²) in [6, 6.07) is 0.852. The molecule has 0 saturated carbocycles. The number of fused-ring (bicyclic) bond motifs is 1. The molecule has 3 rings (SSSR count). The highest BCUT2D eigenvalue weighted by Gasteiger charge is 2.24. The van der Waals surface area contributed by atoms with Crippen LogP contribution in [0.5, 0.6) is 0 Å². The molecule has 1 fully saturated rings. The summed E-state index contributed by atoms with van der Waals surface area (Å²) in [5.74, 6) is 1.67. The SMILES string of the molecule is CCN1CCC(CNC(=NC)NC2CCc3cn(C(C)C)nc3C2)C1. The number of hydrogen-bond acceptors (Lipinski definition) is 3. The minimum atomic E-state index is 0.421. The molecular weight excluding hydrogens is 312 g/mol. The Morgan fingerprint density at radius 3 is 2.92 bits per heavy atom. The van der Waals surface area contributed by atoms with Gasteiger partial charge in [0.25, 0.3) is 0 Å². The zero-order chi connectivity index (χ0) is 17.8. The Labute approximate surface area is 152 Å². The average Bonchev–Trinajstić information content (AvgIpc) is 3.24. The Bertz CT molecular complexity index is 591. The monoisotopic (exact) mass is 346 g/mol. The molecular formula is C19H34N6. The van der Waals surface area contributed by atoms with Crippen LogP contribution < -0.4 is 10.6 Å². The molecule has 0 bridgehead atoms. The third kappa shape index (κ3) is 4.54. The molecule has 2 heterocycles. The van der Waals surface area contributed by atoms with Crippen LogP contribution in [-0.2, 0) is 12.8 Å². The van der Waals surface area contributed by atoms with Crippen LogP contribution in [0.2, 0.25) is 0 Å². The van der Waals surface area contributed by atoms with Gasteiger partial charge in [0, 0.05) is 44.8 Å². The third-order valence-electron chi connectivity index (χ3n) is 5.57. The molecule has 25 heavy (non-hydrogen) atoms. The highest BCUT2D eigenvalue weighted by molar-refractivity contribution is 5.80. The number of guanidine groups is 1. The summed E-state index contributed by atoms with van der Waals surface area (Å²) in [5.41, 5.74) is 2.67. The molecule has 0 amide bonds. The fourth-order valence-corrected chi connectivity index (χ4v) is 3.90. The first-order valence-corrected chi connectivity index (χ1v) is 9.85. The summed E-state index contributed by atoms with van der Waals surface area (Å²) >= 11 is 0. The van der Waals surface area contributed by atoms with Gasteiger partial charge in [0.05, 0.1) is 5.69 Å². The van der Waals surface area contributed by atoms with E-state index in [1.54, 1.807) is 0 Å². The van der Waals surface area contributed by atoms with Crippen LogP contribution in [0.3, 0.4) is 0 Å². The number of aromatic nitrogens is 2. The van der Waals surface area contributed by atoms with Crippen LogP contribution in [0.4, 0.5) is 0 Å². The van der Waals surface area contributed by atoms with Crippen molar-refractivity contribution in [2.75, 3.05) is 33.2 Å². The Kier molecular flexibility index (Phi) is 5.99. The molecule has 6 nitrogen and oxygen atoms in total. The zero-order valence-corrected chi connectivity index (χ0v) is 16.3. The van der Waals surface area contributed by atoms with Gasteiger partial charge in [-0.3, -0.25) is 9.67 Å². The van der Waals surface area contributed by atoms with Gasteiger partial charge < -0.3 is 15.5 Å². The molecule has 0 radical (unpaired) electrons. The van der Waals surface area contributed by atoms with Crippen LogP contribution in [-0.4, -0.2) is 59.9 Å². The molecule has 2 atom stereocenters.